The highest BCUT2D eigenvalue weighted by atomic mass is 16.2. The van der Waals surface area contributed by atoms with E-state index in [1.807, 2.05) is 31.1 Å². The minimum Gasteiger partial charge on any atom is -0.369 e. The summed E-state index contributed by atoms with van der Waals surface area (Å²) in [6.07, 6.45) is 6.65. The third-order valence-corrected chi connectivity index (χ3v) is 4.23. The highest BCUT2D eigenvalue weighted by Gasteiger charge is 2.23. The van der Waals surface area contributed by atoms with Crippen LogP contribution in [0, 0.1) is 13.8 Å². The summed E-state index contributed by atoms with van der Waals surface area (Å²) in [7, 11) is 0. The molecule has 0 aromatic carbocycles. The molecule has 2 N–H and O–H groups in total. The summed E-state index contributed by atoms with van der Waals surface area (Å²) >= 11 is 0. The number of likely N-dealkylation sites (tertiary alicyclic amines) is 1. The van der Waals surface area contributed by atoms with Gasteiger partial charge in [-0.1, -0.05) is 0 Å². The maximum atomic E-state index is 12.5. The maximum absolute atomic E-state index is 12.5. The van der Waals surface area contributed by atoms with Crippen molar-refractivity contribution >= 4 is 11.7 Å². The first-order valence-electron chi connectivity index (χ1n) is 8.01. The molecule has 1 amide bonds. The molecule has 0 bridgehead atoms. The summed E-state index contributed by atoms with van der Waals surface area (Å²) in [6, 6.07) is 0. The van der Waals surface area contributed by atoms with Crippen LogP contribution in [0.1, 0.15) is 40.3 Å². The molecule has 1 fully saturated rings. The number of nitrogens with zero attached hydrogens (tertiary/aromatic N) is 4. The molecule has 0 atom stereocenters. The van der Waals surface area contributed by atoms with Gasteiger partial charge in [-0.15, -0.1) is 0 Å². The number of hydrogen-bond donors (Lipinski definition) is 2. The number of aromatic nitrogens is 4. The minimum atomic E-state index is -0.0662. The monoisotopic (exact) mass is 314 g/mol. The van der Waals surface area contributed by atoms with Gasteiger partial charge in [0.25, 0.3) is 5.91 Å². The Balaban J connectivity index is 1.72. The number of nitrogens with one attached hydrogen (secondary N) is 2. The van der Waals surface area contributed by atoms with Crippen molar-refractivity contribution in [3.8, 4) is 0 Å². The summed E-state index contributed by atoms with van der Waals surface area (Å²) in [4.78, 5) is 23.2. The highest BCUT2D eigenvalue weighted by molar-refractivity contribution is 5.91. The SMILES string of the molecule is Cc1nc(C(=O)N2CCCC2)nc(NCCc2cn[nH]c2)c1C. The summed E-state index contributed by atoms with van der Waals surface area (Å²) in [6.45, 7) is 6.23. The normalized spacial score (nSPS) is 14.3. The first kappa shape index (κ1) is 15.5. The smallest absolute Gasteiger partial charge is 0.291 e. The summed E-state index contributed by atoms with van der Waals surface area (Å²) in [5.41, 5.74) is 2.96. The Morgan fingerprint density at radius 2 is 2.09 bits per heavy atom. The molecule has 1 aliphatic rings. The van der Waals surface area contributed by atoms with Gasteiger partial charge in [-0.05, 0) is 38.7 Å². The van der Waals surface area contributed by atoms with Gasteiger partial charge in [-0.2, -0.15) is 5.10 Å². The van der Waals surface area contributed by atoms with E-state index >= 15 is 0 Å². The van der Waals surface area contributed by atoms with Gasteiger partial charge in [-0.3, -0.25) is 9.89 Å². The van der Waals surface area contributed by atoms with Crippen molar-refractivity contribution in [1.82, 2.24) is 25.1 Å². The first-order valence-corrected chi connectivity index (χ1v) is 8.01. The third-order valence-electron chi connectivity index (χ3n) is 4.23. The molecule has 0 radical (unpaired) electrons. The second kappa shape index (κ2) is 6.76. The van der Waals surface area contributed by atoms with Crippen LogP contribution < -0.4 is 5.32 Å². The molecule has 2 aromatic heterocycles. The van der Waals surface area contributed by atoms with Gasteiger partial charge < -0.3 is 10.2 Å². The number of amides is 1. The lowest BCUT2D eigenvalue weighted by Crippen LogP contribution is -2.30. The van der Waals surface area contributed by atoms with E-state index < -0.39 is 0 Å². The second-order valence-corrected chi connectivity index (χ2v) is 5.89. The predicted molar refractivity (Wildman–Crippen MR) is 87.4 cm³/mol. The van der Waals surface area contributed by atoms with Crippen LogP contribution in [0.5, 0.6) is 0 Å². The number of hydrogen-bond acceptors (Lipinski definition) is 5. The van der Waals surface area contributed by atoms with E-state index in [-0.39, 0.29) is 5.91 Å². The molecule has 7 nitrogen and oxygen atoms in total. The first-order chi connectivity index (χ1) is 11.1. The lowest BCUT2D eigenvalue weighted by molar-refractivity contribution is 0.0780. The van der Waals surface area contributed by atoms with Crippen LogP contribution in [0.3, 0.4) is 0 Å². The zero-order chi connectivity index (χ0) is 16.2. The van der Waals surface area contributed by atoms with Crippen LogP contribution in [0.25, 0.3) is 0 Å². The van der Waals surface area contributed by atoms with Gasteiger partial charge in [0.05, 0.1) is 6.20 Å². The molecular formula is C16H22N6O. The Labute approximate surface area is 135 Å². The average molecular weight is 314 g/mol. The van der Waals surface area contributed by atoms with Crippen LogP contribution in [0.4, 0.5) is 5.82 Å². The van der Waals surface area contributed by atoms with Crippen LogP contribution in [0.15, 0.2) is 12.4 Å². The number of aromatic amines is 1. The van der Waals surface area contributed by atoms with Gasteiger partial charge in [-0.25, -0.2) is 9.97 Å². The van der Waals surface area contributed by atoms with E-state index in [0.717, 1.165) is 61.5 Å². The van der Waals surface area contributed by atoms with E-state index in [9.17, 15) is 4.79 Å². The Kier molecular flexibility index (Phi) is 4.55. The van der Waals surface area contributed by atoms with Gasteiger partial charge >= 0.3 is 0 Å². The summed E-state index contributed by atoms with van der Waals surface area (Å²) in [5.74, 6) is 0.966. The number of carbonyl (C=O) groups excluding carboxylic acids is 1. The second-order valence-electron chi connectivity index (χ2n) is 5.89. The quantitative estimate of drug-likeness (QED) is 0.877. The largest absolute Gasteiger partial charge is 0.369 e. The molecule has 1 saturated heterocycles. The summed E-state index contributed by atoms with van der Waals surface area (Å²) in [5, 5.41) is 10.0. The number of aryl methyl sites for hydroxylation is 1. The van der Waals surface area contributed by atoms with Gasteiger partial charge in [0.15, 0.2) is 0 Å². The van der Waals surface area contributed by atoms with Gasteiger partial charge in [0.2, 0.25) is 5.82 Å². The Morgan fingerprint density at radius 1 is 1.30 bits per heavy atom. The molecule has 3 rings (SSSR count). The van der Waals surface area contributed by atoms with Crippen molar-refractivity contribution in [3.63, 3.8) is 0 Å². The number of anilines is 1. The lowest BCUT2D eigenvalue weighted by Gasteiger charge is -2.16. The lowest BCUT2D eigenvalue weighted by atomic mass is 10.2. The topological polar surface area (TPSA) is 86.8 Å². The zero-order valence-electron chi connectivity index (χ0n) is 13.6. The molecule has 0 aliphatic carbocycles. The van der Waals surface area contributed by atoms with Crippen LogP contribution in [0.2, 0.25) is 0 Å². The van der Waals surface area contributed by atoms with Crippen LogP contribution >= 0.6 is 0 Å². The molecule has 0 unspecified atom stereocenters. The molecule has 3 heterocycles. The fraction of sp³-hybridized carbons (Fsp3) is 0.500. The molecule has 2 aromatic rings. The molecule has 122 valence electrons. The maximum Gasteiger partial charge on any atom is 0.291 e. The Morgan fingerprint density at radius 3 is 2.78 bits per heavy atom. The van der Waals surface area contributed by atoms with Crippen molar-refractivity contribution in [2.24, 2.45) is 0 Å². The Hall–Kier alpha value is -2.44. The fourth-order valence-corrected chi connectivity index (χ4v) is 2.70. The number of carbonyl (C=O) groups is 1. The highest BCUT2D eigenvalue weighted by Crippen LogP contribution is 2.17. The zero-order valence-corrected chi connectivity index (χ0v) is 13.6. The van der Waals surface area contributed by atoms with Crippen molar-refractivity contribution in [1.29, 1.82) is 0 Å². The van der Waals surface area contributed by atoms with Crippen molar-refractivity contribution in [2.75, 3.05) is 25.0 Å². The average Bonchev–Trinajstić information content (AvgIpc) is 3.23. The van der Waals surface area contributed by atoms with Crippen molar-refractivity contribution in [2.45, 2.75) is 33.1 Å². The van der Waals surface area contributed by atoms with Crippen LogP contribution in [-0.2, 0) is 6.42 Å². The van der Waals surface area contributed by atoms with E-state index in [4.69, 9.17) is 0 Å². The molecule has 0 saturated carbocycles. The molecule has 0 spiro atoms. The van der Waals surface area contributed by atoms with Gasteiger partial charge in [0.1, 0.15) is 5.82 Å². The third kappa shape index (κ3) is 3.49. The predicted octanol–water partition coefficient (Wildman–Crippen LogP) is 1.71. The van der Waals surface area contributed by atoms with E-state index in [1.54, 1.807) is 0 Å². The van der Waals surface area contributed by atoms with Crippen LogP contribution in [-0.4, -0.2) is 50.6 Å². The standard InChI is InChI=1S/C16H22N6O/c1-11-12(2)20-15(16(23)22-7-3-4-8-22)21-14(11)17-6-5-13-9-18-19-10-13/h9-10H,3-8H2,1-2H3,(H,18,19)(H,17,20,21). The number of H-pyrrole nitrogens is 1. The van der Waals surface area contributed by atoms with E-state index in [0.29, 0.717) is 5.82 Å². The van der Waals surface area contributed by atoms with Crippen molar-refractivity contribution in [3.05, 3.63) is 35.0 Å². The molecule has 1 aliphatic heterocycles. The fourth-order valence-electron chi connectivity index (χ4n) is 2.70. The molecule has 7 heteroatoms. The molecular weight excluding hydrogens is 292 g/mol. The Bertz CT molecular complexity index is 676. The summed E-state index contributed by atoms with van der Waals surface area (Å²) < 4.78 is 0. The van der Waals surface area contributed by atoms with E-state index in [2.05, 4.69) is 25.5 Å². The van der Waals surface area contributed by atoms with E-state index in [1.165, 1.54) is 0 Å². The minimum absolute atomic E-state index is 0.0662. The number of rotatable bonds is 5. The van der Waals surface area contributed by atoms with Crippen molar-refractivity contribution < 1.29 is 4.79 Å². The van der Waals surface area contributed by atoms with Gasteiger partial charge in [0, 0.05) is 37.1 Å². The molecule has 23 heavy (non-hydrogen) atoms.